The minimum absolute atomic E-state index is 0.214. The Balaban J connectivity index is 1.63. The summed E-state index contributed by atoms with van der Waals surface area (Å²) in [6.07, 6.45) is 0. The molecule has 2 heterocycles. The lowest BCUT2D eigenvalue weighted by Crippen LogP contribution is -2.50. The average molecular weight is 420 g/mol. The predicted octanol–water partition coefficient (Wildman–Crippen LogP) is 1.09. The van der Waals surface area contributed by atoms with Gasteiger partial charge in [0.05, 0.1) is 11.5 Å². The van der Waals surface area contributed by atoms with Gasteiger partial charge in [-0.1, -0.05) is 0 Å². The van der Waals surface area contributed by atoms with E-state index in [4.69, 9.17) is 4.74 Å². The number of sulfonamides is 1. The molecule has 29 heavy (non-hydrogen) atoms. The van der Waals surface area contributed by atoms with Crippen molar-refractivity contribution in [1.82, 2.24) is 19.4 Å². The highest BCUT2D eigenvalue weighted by Crippen LogP contribution is 2.21. The van der Waals surface area contributed by atoms with Crippen LogP contribution in [0.2, 0.25) is 0 Å². The highest BCUT2D eigenvalue weighted by atomic mass is 32.2. The van der Waals surface area contributed by atoms with Crippen molar-refractivity contribution in [2.24, 2.45) is 0 Å². The summed E-state index contributed by atoms with van der Waals surface area (Å²) < 4.78 is 32.5. The van der Waals surface area contributed by atoms with Crippen molar-refractivity contribution in [2.45, 2.75) is 11.8 Å². The van der Waals surface area contributed by atoms with Crippen molar-refractivity contribution in [1.29, 1.82) is 0 Å². The number of ether oxygens (including phenoxy) is 1. The van der Waals surface area contributed by atoms with Gasteiger partial charge in [-0.15, -0.1) is 10.2 Å². The highest BCUT2D eigenvalue weighted by Gasteiger charge is 2.31. The normalized spacial score (nSPS) is 15.2. The maximum Gasteiger partial charge on any atom is 0.274 e. The lowest BCUT2D eigenvalue weighted by atomic mass is 10.3. The molecule has 1 fully saturated rings. The van der Waals surface area contributed by atoms with Crippen LogP contribution in [0.25, 0.3) is 0 Å². The van der Waals surface area contributed by atoms with E-state index in [2.05, 4.69) is 10.2 Å². The van der Waals surface area contributed by atoms with Gasteiger partial charge in [-0.3, -0.25) is 4.79 Å². The molecule has 156 valence electrons. The number of aromatic nitrogens is 2. The van der Waals surface area contributed by atoms with Crippen molar-refractivity contribution in [3.05, 3.63) is 42.1 Å². The van der Waals surface area contributed by atoms with E-state index >= 15 is 0 Å². The van der Waals surface area contributed by atoms with Gasteiger partial charge >= 0.3 is 0 Å². The molecule has 1 amide bonds. The van der Waals surface area contributed by atoms with Crippen molar-refractivity contribution in [2.75, 3.05) is 51.8 Å². The summed E-state index contributed by atoms with van der Waals surface area (Å²) in [6.45, 7) is 3.44. The lowest BCUT2D eigenvalue weighted by Gasteiger charge is -2.33. The van der Waals surface area contributed by atoms with Crippen LogP contribution in [0.3, 0.4) is 0 Å². The van der Waals surface area contributed by atoms with Crippen molar-refractivity contribution >= 4 is 21.7 Å². The Morgan fingerprint density at radius 3 is 2.21 bits per heavy atom. The van der Waals surface area contributed by atoms with Crippen LogP contribution in [0.4, 0.5) is 5.82 Å². The SMILES string of the molecule is CCOc1ccc(S(=O)(=O)N2CCN(C(=O)c3ccc(N(C)C)nn3)CC2)cc1. The Hall–Kier alpha value is -2.72. The topological polar surface area (TPSA) is 95.9 Å². The summed E-state index contributed by atoms with van der Waals surface area (Å²) in [6, 6.07) is 9.73. The van der Waals surface area contributed by atoms with Crippen LogP contribution in [0, 0.1) is 0 Å². The highest BCUT2D eigenvalue weighted by molar-refractivity contribution is 7.89. The maximum absolute atomic E-state index is 12.9. The van der Waals surface area contributed by atoms with Gasteiger partial charge in [0.2, 0.25) is 10.0 Å². The number of carbonyl (C=O) groups is 1. The largest absolute Gasteiger partial charge is 0.494 e. The van der Waals surface area contributed by atoms with Gasteiger partial charge in [0, 0.05) is 40.3 Å². The maximum atomic E-state index is 12.9. The second-order valence-electron chi connectivity index (χ2n) is 6.77. The fourth-order valence-corrected chi connectivity index (χ4v) is 4.42. The smallest absolute Gasteiger partial charge is 0.274 e. The Kier molecular flexibility index (Phi) is 6.33. The average Bonchev–Trinajstić information content (AvgIpc) is 2.74. The van der Waals surface area contributed by atoms with Crippen molar-refractivity contribution < 1.29 is 17.9 Å². The van der Waals surface area contributed by atoms with Crippen LogP contribution >= 0.6 is 0 Å². The third-order valence-corrected chi connectivity index (χ3v) is 6.54. The summed E-state index contributed by atoms with van der Waals surface area (Å²) in [5.74, 6) is 1.04. The zero-order chi connectivity index (χ0) is 21.0. The molecule has 1 aromatic carbocycles. The standard InChI is InChI=1S/C19H25N5O4S/c1-4-28-15-5-7-16(8-6-15)29(26,27)24-13-11-23(12-14-24)19(25)17-9-10-18(21-20-17)22(2)3/h5-10H,4,11-14H2,1-3H3. The molecule has 0 radical (unpaired) electrons. The van der Waals surface area contributed by atoms with E-state index in [-0.39, 0.29) is 29.6 Å². The zero-order valence-corrected chi connectivity index (χ0v) is 17.6. The Morgan fingerprint density at radius 2 is 1.69 bits per heavy atom. The number of nitrogens with zero attached hydrogens (tertiary/aromatic N) is 5. The molecule has 9 nitrogen and oxygen atoms in total. The minimum atomic E-state index is -3.62. The first-order valence-corrected chi connectivity index (χ1v) is 10.8. The van der Waals surface area contributed by atoms with Gasteiger partial charge in [-0.2, -0.15) is 4.31 Å². The quantitative estimate of drug-likeness (QED) is 0.691. The van der Waals surface area contributed by atoms with Crippen LogP contribution in [0.5, 0.6) is 5.75 Å². The van der Waals surface area contributed by atoms with E-state index < -0.39 is 10.0 Å². The van der Waals surface area contributed by atoms with Crippen LogP contribution in [0.15, 0.2) is 41.3 Å². The fourth-order valence-electron chi connectivity index (χ4n) is 2.99. The molecule has 10 heteroatoms. The molecule has 1 saturated heterocycles. The summed E-state index contributed by atoms with van der Waals surface area (Å²) in [5.41, 5.74) is 0.249. The number of piperazine rings is 1. The molecule has 0 bridgehead atoms. The number of anilines is 1. The number of hydrogen-bond donors (Lipinski definition) is 0. The van der Waals surface area contributed by atoms with Crippen LogP contribution in [-0.2, 0) is 10.0 Å². The van der Waals surface area contributed by atoms with E-state index in [1.54, 1.807) is 46.2 Å². The molecule has 1 aromatic heterocycles. The molecule has 0 aliphatic carbocycles. The summed E-state index contributed by atoms with van der Waals surface area (Å²) in [4.78, 5) is 16.2. The van der Waals surface area contributed by atoms with Gasteiger partial charge in [-0.05, 0) is 43.3 Å². The molecule has 3 rings (SSSR count). The Bertz CT molecular complexity index is 938. The molecular weight excluding hydrogens is 394 g/mol. The van der Waals surface area contributed by atoms with Gasteiger partial charge in [0.1, 0.15) is 5.75 Å². The molecule has 0 atom stereocenters. The molecule has 2 aromatic rings. The number of carbonyl (C=O) groups excluding carboxylic acids is 1. The zero-order valence-electron chi connectivity index (χ0n) is 16.8. The van der Waals surface area contributed by atoms with E-state index in [9.17, 15) is 13.2 Å². The van der Waals surface area contributed by atoms with Gasteiger partial charge in [0.15, 0.2) is 11.5 Å². The van der Waals surface area contributed by atoms with Gasteiger partial charge < -0.3 is 14.5 Å². The molecule has 0 N–H and O–H groups in total. The third kappa shape index (κ3) is 4.65. The molecular formula is C19H25N5O4S. The fraction of sp³-hybridized carbons (Fsp3) is 0.421. The number of benzene rings is 1. The molecule has 1 aliphatic rings. The van der Waals surface area contributed by atoms with Crippen molar-refractivity contribution in [3.8, 4) is 5.75 Å². The molecule has 0 saturated carbocycles. The molecule has 0 spiro atoms. The van der Waals surface area contributed by atoms with Crippen molar-refractivity contribution in [3.63, 3.8) is 0 Å². The molecule has 1 aliphatic heterocycles. The summed E-state index contributed by atoms with van der Waals surface area (Å²) in [7, 11) is 0.0693. The van der Waals surface area contributed by atoms with E-state index in [1.165, 1.54) is 4.31 Å². The second-order valence-corrected chi connectivity index (χ2v) is 8.71. The van der Waals surface area contributed by atoms with E-state index in [0.29, 0.717) is 31.3 Å². The van der Waals surface area contributed by atoms with Crippen LogP contribution in [-0.4, -0.2) is 80.6 Å². The van der Waals surface area contributed by atoms with E-state index in [1.807, 2.05) is 21.0 Å². The first-order chi connectivity index (χ1) is 13.8. The van der Waals surface area contributed by atoms with Gasteiger partial charge in [-0.25, -0.2) is 8.42 Å². The molecule has 0 unspecified atom stereocenters. The third-order valence-electron chi connectivity index (χ3n) is 4.63. The predicted molar refractivity (Wildman–Crippen MR) is 109 cm³/mol. The number of rotatable bonds is 6. The first-order valence-electron chi connectivity index (χ1n) is 9.36. The lowest BCUT2D eigenvalue weighted by molar-refractivity contribution is 0.0691. The minimum Gasteiger partial charge on any atom is -0.494 e. The Labute approximate surface area is 170 Å². The van der Waals surface area contributed by atoms with Crippen LogP contribution < -0.4 is 9.64 Å². The number of amides is 1. The first kappa shape index (κ1) is 21.0. The monoisotopic (exact) mass is 419 g/mol. The van der Waals surface area contributed by atoms with E-state index in [0.717, 1.165) is 0 Å². The summed E-state index contributed by atoms with van der Waals surface area (Å²) >= 11 is 0. The second kappa shape index (κ2) is 8.75. The Morgan fingerprint density at radius 1 is 1.03 bits per heavy atom. The van der Waals surface area contributed by atoms with Crippen LogP contribution in [0.1, 0.15) is 17.4 Å². The number of hydrogen-bond acceptors (Lipinski definition) is 7. The van der Waals surface area contributed by atoms with Gasteiger partial charge in [0.25, 0.3) is 5.91 Å². The summed E-state index contributed by atoms with van der Waals surface area (Å²) in [5, 5.41) is 8.01.